The van der Waals surface area contributed by atoms with Crippen LogP contribution < -0.4 is 5.43 Å². The fraction of sp³-hybridized carbons (Fsp3) is 0.412. The van der Waals surface area contributed by atoms with Crippen LogP contribution in [0.1, 0.15) is 29.8 Å². The highest BCUT2D eigenvalue weighted by Crippen LogP contribution is 2.23. The van der Waals surface area contributed by atoms with E-state index in [1.165, 1.54) is 17.6 Å². The number of ether oxygens (including phenoxy) is 1. The summed E-state index contributed by atoms with van der Waals surface area (Å²) in [5.74, 6) is 0.477. The number of hydrogen-bond acceptors (Lipinski definition) is 4. The lowest BCUT2D eigenvalue weighted by Crippen LogP contribution is -2.16. The third-order valence-corrected chi connectivity index (χ3v) is 4.70. The van der Waals surface area contributed by atoms with Gasteiger partial charge in [-0.1, -0.05) is 23.2 Å². The van der Waals surface area contributed by atoms with Gasteiger partial charge in [0, 0.05) is 36.3 Å². The van der Waals surface area contributed by atoms with Crippen molar-refractivity contribution < 1.29 is 4.74 Å². The van der Waals surface area contributed by atoms with Crippen molar-refractivity contribution in [2.75, 3.05) is 12.0 Å². The lowest BCUT2D eigenvalue weighted by molar-refractivity contribution is 0.0962. The number of hydrazone groups is 1. The molecule has 3 rings (SSSR count). The van der Waals surface area contributed by atoms with E-state index < -0.39 is 0 Å². The van der Waals surface area contributed by atoms with Crippen LogP contribution in [0.15, 0.2) is 23.4 Å². The van der Waals surface area contributed by atoms with Crippen LogP contribution in [-0.2, 0) is 11.3 Å². The average Bonchev–Trinajstić information content (AvgIpc) is 3.14. The number of halogens is 2. The molecule has 0 amide bonds. The van der Waals surface area contributed by atoms with Crippen LogP contribution >= 0.6 is 23.2 Å². The fourth-order valence-electron chi connectivity index (χ4n) is 2.89. The monoisotopic (exact) mass is 366 g/mol. The molecule has 0 unspecified atom stereocenters. The zero-order valence-electron chi connectivity index (χ0n) is 13.7. The molecule has 0 bridgehead atoms. The van der Waals surface area contributed by atoms with Gasteiger partial charge in [-0.2, -0.15) is 5.10 Å². The van der Waals surface area contributed by atoms with E-state index in [1.807, 2.05) is 0 Å². The second kappa shape index (κ2) is 7.55. The van der Waals surface area contributed by atoms with Crippen LogP contribution in [0.25, 0.3) is 0 Å². The highest BCUT2D eigenvalue weighted by Gasteiger charge is 2.18. The van der Waals surface area contributed by atoms with Crippen LogP contribution in [-0.4, -0.2) is 28.5 Å². The molecule has 1 atom stereocenters. The van der Waals surface area contributed by atoms with Crippen molar-refractivity contribution in [2.45, 2.75) is 39.3 Å². The molecule has 0 aliphatic carbocycles. The minimum absolute atomic E-state index is 0.315. The predicted octanol–water partition coefficient (Wildman–Crippen LogP) is 4.43. The molecule has 3 heterocycles. The van der Waals surface area contributed by atoms with Gasteiger partial charge in [0.25, 0.3) is 0 Å². The normalized spacial score (nSPS) is 17.8. The number of hydrogen-bond donors (Lipinski definition) is 1. The average molecular weight is 367 g/mol. The summed E-state index contributed by atoms with van der Waals surface area (Å²) in [6, 6.07) is 3.74. The zero-order chi connectivity index (χ0) is 17.1. The molecule has 1 fully saturated rings. The first-order valence-corrected chi connectivity index (χ1v) is 8.68. The Morgan fingerprint density at radius 3 is 2.96 bits per heavy atom. The van der Waals surface area contributed by atoms with E-state index >= 15 is 0 Å². The van der Waals surface area contributed by atoms with E-state index in [0.717, 1.165) is 31.6 Å². The number of aromatic nitrogens is 2. The van der Waals surface area contributed by atoms with Gasteiger partial charge in [0.05, 0.1) is 22.4 Å². The first-order valence-electron chi connectivity index (χ1n) is 7.93. The third-order valence-electron chi connectivity index (χ3n) is 4.20. The molecule has 0 radical (unpaired) electrons. The van der Waals surface area contributed by atoms with Crippen LogP contribution in [0.3, 0.4) is 0 Å². The van der Waals surface area contributed by atoms with Gasteiger partial charge in [0.2, 0.25) is 0 Å². The van der Waals surface area contributed by atoms with Crippen LogP contribution in [0.2, 0.25) is 10.0 Å². The maximum atomic E-state index is 6.07. The summed E-state index contributed by atoms with van der Waals surface area (Å²) < 4.78 is 8.02. The van der Waals surface area contributed by atoms with E-state index in [2.05, 4.69) is 40.0 Å². The number of nitrogens with zero attached hydrogens (tertiary/aromatic N) is 3. The van der Waals surface area contributed by atoms with Gasteiger partial charge >= 0.3 is 0 Å². The summed E-state index contributed by atoms with van der Waals surface area (Å²) in [6.45, 7) is 5.96. The van der Waals surface area contributed by atoms with Crippen molar-refractivity contribution in [2.24, 2.45) is 5.10 Å². The molecular formula is C17H20Cl2N4O. The lowest BCUT2D eigenvalue weighted by Gasteiger charge is -2.14. The fourth-order valence-corrected chi connectivity index (χ4v) is 3.31. The maximum Gasteiger partial charge on any atom is 0.165 e. The summed E-state index contributed by atoms with van der Waals surface area (Å²) >= 11 is 11.9. The quantitative estimate of drug-likeness (QED) is 0.628. The SMILES string of the molecule is Cc1cc(/C=N\Nc2ncc(Cl)cc2Cl)c(C)n1C[C@H]1CCCO1. The standard InChI is InChI=1S/C17H20Cl2N4O/c1-11-6-13(12(2)23(11)10-15-4-3-5-24-15)8-21-22-17-16(19)7-14(18)9-20-17/h6-9,15H,3-5,10H2,1-2H3,(H,20,22)/b21-8-/t15-/m1/s1. The molecule has 0 spiro atoms. The van der Waals surface area contributed by atoms with Crippen LogP contribution in [0.4, 0.5) is 5.82 Å². The third kappa shape index (κ3) is 3.91. The number of aryl methyl sites for hydroxylation is 1. The van der Waals surface area contributed by atoms with E-state index in [9.17, 15) is 0 Å². The Balaban J connectivity index is 1.70. The summed E-state index contributed by atoms with van der Waals surface area (Å²) in [7, 11) is 0. The molecule has 1 aliphatic heterocycles. The molecule has 1 N–H and O–H groups in total. The second-order valence-electron chi connectivity index (χ2n) is 5.93. The second-order valence-corrected chi connectivity index (χ2v) is 6.77. The van der Waals surface area contributed by atoms with E-state index in [1.54, 1.807) is 12.3 Å². The van der Waals surface area contributed by atoms with Gasteiger partial charge in [-0.25, -0.2) is 4.98 Å². The van der Waals surface area contributed by atoms with Crippen molar-refractivity contribution in [1.82, 2.24) is 9.55 Å². The Morgan fingerprint density at radius 2 is 2.25 bits per heavy atom. The molecule has 1 saturated heterocycles. The molecule has 0 saturated carbocycles. The van der Waals surface area contributed by atoms with Gasteiger partial charge in [-0.15, -0.1) is 0 Å². The van der Waals surface area contributed by atoms with Crippen LogP contribution in [0.5, 0.6) is 0 Å². The van der Waals surface area contributed by atoms with Gasteiger partial charge in [-0.05, 0) is 38.8 Å². The topological polar surface area (TPSA) is 51.4 Å². The number of nitrogens with one attached hydrogen (secondary N) is 1. The summed E-state index contributed by atoms with van der Waals surface area (Å²) in [5.41, 5.74) is 6.28. The summed E-state index contributed by atoms with van der Waals surface area (Å²) in [4.78, 5) is 4.11. The van der Waals surface area contributed by atoms with Crippen molar-refractivity contribution in [3.8, 4) is 0 Å². The zero-order valence-corrected chi connectivity index (χ0v) is 15.2. The molecule has 0 aromatic carbocycles. The molecule has 128 valence electrons. The Kier molecular flexibility index (Phi) is 5.43. The van der Waals surface area contributed by atoms with Crippen LogP contribution in [0, 0.1) is 13.8 Å². The molecule has 24 heavy (non-hydrogen) atoms. The number of pyridine rings is 1. The Morgan fingerprint density at radius 1 is 1.42 bits per heavy atom. The summed E-state index contributed by atoms with van der Waals surface area (Å²) in [6.07, 6.45) is 5.90. The summed E-state index contributed by atoms with van der Waals surface area (Å²) in [5, 5.41) is 5.17. The van der Waals surface area contributed by atoms with Gasteiger partial charge in [-0.3, -0.25) is 5.43 Å². The number of anilines is 1. The van der Waals surface area contributed by atoms with E-state index in [-0.39, 0.29) is 0 Å². The van der Waals surface area contributed by atoms with Gasteiger partial charge < -0.3 is 9.30 Å². The minimum atomic E-state index is 0.315. The Bertz CT molecular complexity index is 751. The lowest BCUT2D eigenvalue weighted by atomic mass is 10.2. The van der Waals surface area contributed by atoms with Gasteiger partial charge in [0.1, 0.15) is 0 Å². The molecule has 1 aliphatic rings. The van der Waals surface area contributed by atoms with E-state index in [4.69, 9.17) is 27.9 Å². The minimum Gasteiger partial charge on any atom is -0.376 e. The van der Waals surface area contributed by atoms with Crippen molar-refractivity contribution >= 4 is 35.2 Å². The maximum absolute atomic E-state index is 6.07. The largest absolute Gasteiger partial charge is 0.376 e. The molecule has 5 nitrogen and oxygen atoms in total. The highest BCUT2D eigenvalue weighted by molar-refractivity contribution is 6.35. The smallest absolute Gasteiger partial charge is 0.165 e. The van der Waals surface area contributed by atoms with Crippen molar-refractivity contribution in [3.63, 3.8) is 0 Å². The molecule has 2 aromatic rings. The van der Waals surface area contributed by atoms with Crippen molar-refractivity contribution in [3.05, 3.63) is 45.3 Å². The molecule has 7 heteroatoms. The van der Waals surface area contributed by atoms with Crippen molar-refractivity contribution in [1.29, 1.82) is 0 Å². The first kappa shape index (κ1) is 17.3. The number of rotatable bonds is 5. The predicted molar refractivity (Wildman–Crippen MR) is 98.4 cm³/mol. The highest BCUT2D eigenvalue weighted by atomic mass is 35.5. The Labute approximate surface area is 151 Å². The molecular weight excluding hydrogens is 347 g/mol. The Hall–Kier alpha value is -1.56. The first-order chi connectivity index (χ1) is 11.5. The van der Waals surface area contributed by atoms with E-state index in [0.29, 0.717) is 22.0 Å². The van der Waals surface area contributed by atoms with Gasteiger partial charge in [0.15, 0.2) is 5.82 Å². The molecule has 2 aromatic heterocycles.